The highest BCUT2D eigenvalue weighted by Gasteiger charge is 2.17. The molecule has 7 heteroatoms. The molecule has 2 aromatic heterocycles. The molecule has 0 unspecified atom stereocenters. The van der Waals surface area contributed by atoms with E-state index in [0.29, 0.717) is 22.1 Å². The van der Waals surface area contributed by atoms with Crippen LogP contribution < -0.4 is 10.6 Å². The summed E-state index contributed by atoms with van der Waals surface area (Å²) >= 11 is 1.30. The first-order valence-electron chi connectivity index (χ1n) is 10.2. The monoisotopic (exact) mass is 423 g/mol. The van der Waals surface area contributed by atoms with Crippen molar-refractivity contribution in [3.8, 4) is 0 Å². The van der Waals surface area contributed by atoms with Crippen LogP contribution in [0.4, 0.5) is 5.13 Å². The van der Waals surface area contributed by atoms with Crippen molar-refractivity contribution in [3.05, 3.63) is 69.6 Å². The van der Waals surface area contributed by atoms with Gasteiger partial charge in [-0.2, -0.15) is 0 Å². The van der Waals surface area contributed by atoms with E-state index in [0.717, 1.165) is 18.4 Å². The number of anilines is 1. The quantitative estimate of drug-likeness (QED) is 0.607. The molecule has 2 heterocycles. The van der Waals surface area contributed by atoms with E-state index in [4.69, 9.17) is 4.42 Å². The normalized spacial score (nSPS) is 14.1. The average Bonchev–Trinajstić information content (AvgIpc) is 3.36. The van der Waals surface area contributed by atoms with Crippen LogP contribution in [0.1, 0.15) is 64.3 Å². The minimum atomic E-state index is -0.271. The van der Waals surface area contributed by atoms with Crippen LogP contribution in [0.25, 0.3) is 0 Å². The van der Waals surface area contributed by atoms with Gasteiger partial charge in [-0.05, 0) is 62.3 Å². The molecular formula is C23H25N3O3S. The summed E-state index contributed by atoms with van der Waals surface area (Å²) in [5, 5.41) is 8.07. The molecule has 30 heavy (non-hydrogen) atoms. The predicted molar refractivity (Wildman–Crippen MR) is 117 cm³/mol. The zero-order valence-corrected chi connectivity index (χ0v) is 18.0. The Labute approximate surface area is 179 Å². The first-order chi connectivity index (χ1) is 14.5. The molecule has 0 spiro atoms. The maximum Gasteiger partial charge on any atom is 0.260 e. The van der Waals surface area contributed by atoms with Crippen LogP contribution in [0.5, 0.6) is 0 Å². The van der Waals surface area contributed by atoms with E-state index in [-0.39, 0.29) is 24.3 Å². The van der Waals surface area contributed by atoms with Crippen molar-refractivity contribution < 1.29 is 14.0 Å². The number of benzene rings is 1. The molecule has 156 valence electrons. The summed E-state index contributed by atoms with van der Waals surface area (Å²) < 4.78 is 5.15. The summed E-state index contributed by atoms with van der Waals surface area (Å²) in [5.41, 5.74) is 5.09. The Morgan fingerprint density at radius 2 is 2.00 bits per heavy atom. The number of carbonyl (C=O) groups is 2. The van der Waals surface area contributed by atoms with E-state index in [2.05, 4.69) is 33.8 Å². The topological polar surface area (TPSA) is 84.2 Å². The maximum absolute atomic E-state index is 12.5. The lowest BCUT2D eigenvalue weighted by Crippen LogP contribution is -2.28. The number of aryl methyl sites for hydroxylation is 3. The van der Waals surface area contributed by atoms with Crippen molar-refractivity contribution in [1.82, 2.24) is 10.3 Å². The summed E-state index contributed by atoms with van der Waals surface area (Å²) in [5.74, 6) is 0.196. The molecular weight excluding hydrogens is 398 g/mol. The first kappa shape index (κ1) is 20.3. The molecule has 6 nitrogen and oxygen atoms in total. The molecule has 1 aliphatic carbocycles. The zero-order chi connectivity index (χ0) is 21.1. The van der Waals surface area contributed by atoms with E-state index in [1.807, 2.05) is 6.92 Å². The van der Waals surface area contributed by atoms with Crippen molar-refractivity contribution in [2.75, 3.05) is 5.32 Å². The van der Waals surface area contributed by atoms with Crippen LogP contribution in [0.2, 0.25) is 0 Å². The number of nitrogens with zero attached hydrogens (tertiary/aromatic N) is 1. The maximum atomic E-state index is 12.5. The SMILES string of the molecule is Cc1occc1C(=O)Nc1nc(CC(=O)N[C@H](C)c2ccc3c(c2)CCCC3)cs1. The third kappa shape index (κ3) is 4.62. The molecule has 0 saturated heterocycles. The number of aromatic nitrogens is 1. The van der Waals surface area contributed by atoms with Crippen molar-refractivity contribution in [1.29, 1.82) is 0 Å². The molecule has 0 bridgehead atoms. The van der Waals surface area contributed by atoms with Gasteiger partial charge in [-0.15, -0.1) is 11.3 Å². The Balaban J connectivity index is 1.33. The van der Waals surface area contributed by atoms with Crippen LogP contribution in [0.3, 0.4) is 0 Å². The Morgan fingerprint density at radius 3 is 2.77 bits per heavy atom. The number of furan rings is 1. The lowest BCUT2D eigenvalue weighted by Gasteiger charge is -2.20. The zero-order valence-electron chi connectivity index (χ0n) is 17.2. The van der Waals surface area contributed by atoms with Crippen molar-refractivity contribution in [2.45, 2.75) is 52.0 Å². The minimum Gasteiger partial charge on any atom is -0.469 e. The number of thiazole rings is 1. The van der Waals surface area contributed by atoms with Gasteiger partial charge >= 0.3 is 0 Å². The first-order valence-corrected chi connectivity index (χ1v) is 11.1. The smallest absolute Gasteiger partial charge is 0.260 e. The van der Waals surface area contributed by atoms with E-state index in [9.17, 15) is 9.59 Å². The molecule has 3 aromatic rings. The Hall–Kier alpha value is -2.93. The number of fused-ring (bicyclic) bond motifs is 1. The minimum absolute atomic E-state index is 0.0633. The fraction of sp³-hybridized carbons (Fsp3) is 0.348. The number of amides is 2. The fourth-order valence-electron chi connectivity index (χ4n) is 3.79. The predicted octanol–water partition coefficient (Wildman–Crippen LogP) is 4.60. The van der Waals surface area contributed by atoms with E-state index < -0.39 is 0 Å². The number of nitrogens with one attached hydrogen (secondary N) is 2. The second kappa shape index (κ2) is 8.83. The van der Waals surface area contributed by atoms with Gasteiger partial charge in [0.15, 0.2) is 5.13 Å². The van der Waals surface area contributed by atoms with Gasteiger partial charge in [0.1, 0.15) is 5.76 Å². The van der Waals surface area contributed by atoms with Crippen LogP contribution >= 0.6 is 11.3 Å². The number of hydrogen-bond acceptors (Lipinski definition) is 5. The molecule has 0 saturated carbocycles. The Bertz CT molecular complexity index is 1070. The van der Waals surface area contributed by atoms with Gasteiger partial charge in [-0.3, -0.25) is 14.9 Å². The molecule has 0 aliphatic heterocycles. The second-order valence-corrected chi connectivity index (χ2v) is 8.55. The van der Waals surface area contributed by atoms with Crippen molar-refractivity contribution in [2.24, 2.45) is 0 Å². The average molecular weight is 424 g/mol. The number of hydrogen-bond donors (Lipinski definition) is 2. The summed E-state index contributed by atoms with van der Waals surface area (Å²) in [7, 11) is 0. The molecule has 2 amide bonds. The third-order valence-electron chi connectivity index (χ3n) is 5.47. The Kier molecular flexibility index (Phi) is 5.99. The van der Waals surface area contributed by atoms with Gasteiger partial charge in [0, 0.05) is 5.38 Å². The highest BCUT2D eigenvalue weighted by molar-refractivity contribution is 7.14. The molecule has 4 rings (SSSR count). The van der Waals surface area contributed by atoms with Gasteiger partial charge in [-0.1, -0.05) is 18.2 Å². The van der Waals surface area contributed by atoms with Gasteiger partial charge in [0.25, 0.3) is 5.91 Å². The summed E-state index contributed by atoms with van der Waals surface area (Å²) in [6, 6.07) is 8.10. The standard InChI is InChI=1S/C23H25N3O3S/c1-14(17-8-7-16-5-3-4-6-18(16)11-17)24-21(27)12-19-13-30-23(25-19)26-22(28)20-9-10-29-15(20)2/h7-11,13-14H,3-6,12H2,1-2H3,(H,24,27)(H,25,26,28)/t14-/m1/s1. The highest BCUT2D eigenvalue weighted by atomic mass is 32.1. The van der Waals surface area contributed by atoms with Crippen molar-refractivity contribution >= 4 is 28.3 Å². The van der Waals surface area contributed by atoms with Gasteiger partial charge in [0.2, 0.25) is 5.91 Å². The van der Waals surface area contributed by atoms with Gasteiger partial charge < -0.3 is 9.73 Å². The fourth-order valence-corrected chi connectivity index (χ4v) is 4.50. The summed E-state index contributed by atoms with van der Waals surface area (Å²) in [6.07, 6.45) is 6.42. The van der Waals surface area contributed by atoms with E-state index in [1.165, 1.54) is 41.6 Å². The third-order valence-corrected chi connectivity index (χ3v) is 6.27. The van der Waals surface area contributed by atoms with Gasteiger partial charge in [-0.25, -0.2) is 4.98 Å². The molecule has 0 radical (unpaired) electrons. The van der Waals surface area contributed by atoms with Crippen LogP contribution in [-0.2, 0) is 24.1 Å². The summed E-state index contributed by atoms with van der Waals surface area (Å²) in [6.45, 7) is 3.73. The number of rotatable bonds is 6. The van der Waals surface area contributed by atoms with Crippen LogP contribution in [0.15, 0.2) is 40.3 Å². The molecule has 1 aromatic carbocycles. The van der Waals surface area contributed by atoms with Gasteiger partial charge in [0.05, 0.1) is 30.0 Å². The molecule has 1 atom stereocenters. The largest absolute Gasteiger partial charge is 0.469 e. The highest BCUT2D eigenvalue weighted by Crippen LogP contribution is 2.25. The molecule has 2 N–H and O–H groups in total. The number of carbonyl (C=O) groups excluding carboxylic acids is 2. The second-order valence-electron chi connectivity index (χ2n) is 7.69. The molecule has 0 fully saturated rings. The van der Waals surface area contributed by atoms with Crippen molar-refractivity contribution in [3.63, 3.8) is 0 Å². The lowest BCUT2D eigenvalue weighted by molar-refractivity contribution is -0.121. The van der Waals surface area contributed by atoms with Crippen LogP contribution in [-0.4, -0.2) is 16.8 Å². The molecule has 1 aliphatic rings. The van der Waals surface area contributed by atoms with E-state index in [1.54, 1.807) is 18.4 Å². The Morgan fingerprint density at radius 1 is 1.20 bits per heavy atom. The van der Waals surface area contributed by atoms with E-state index >= 15 is 0 Å². The van der Waals surface area contributed by atoms with Crippen LogP contribution in [0, 0.1) is 6.92 Å². The summed E-state index contributed by atoms with van der Waals surface area (Å²) in [4.78, 5) is 29.1. The lowest BCUT2D eigenvalue weighted by atomic mass is 9.89.